The van der Waals surface area contributed by atoms with Gasteiger partial charge in [0.15, 0.2) is 0 Å². The molecule has 0 aliphatic heterocycles. The number of hydrogen-bond donors (Lipinski definition) is 0. The van der Waals surface area contributed by atoms with Crippen LogP contribution in [-0.2, 0) is 0 Å². The van der Waals surface area contributed by atoms with E-state index in [0.29, 0.717) is 0 Å². The molecule has 0 nitrogen and oxygen atoms in total. The van der Waals surface area contributed by atoms with Gasteiger partial charge in [0, 0.05) is 0 Å². The van der Waals surface area contributed by atoms with Crippen molar-refractivity contribution in [2.45, 2.75) is 33.6 Å². The fourth-order valence-corrected chi connectivity index (χ4v) is 1.41. The first kappa shape index (κ1) is 10.0. The molecule has 0 heteroatoms. The third-order valence-electron chi connectivity index (χ3n) is 2.13. The maximum absolute atomic E-state index is 2.27. The van der Waals surface area contributed by atoms with E-state index in [1.54, 1.807) is 0 Å². The van der Waals surface area contributed by atoms with Gasteiger partial charge in [0.05, 0.1) is 0 Å². The molecule has 0 radical (unpaired) electrons. The standard InChI is InChI=1S/C13H18/c1-4-5-12(3)10-13-8-6-11(2)7-9-13/h6-10H,4-5H2,1-3H3/b12-10+. The minimum atomic E-state index is 1.20. The first-order chi connectivity index (χ1) is 6.22. The van der Waals surface area contributed by atoms with Crippen LogP contribution in [0.25, 0.3) is 6.08 Å². The van der Waals surface area contributed by atoms with Gasteiger partial charge >= 0.3 is 0 Å². The zero-order valence-corrected chi connectivity index (χ0v) is 8.80. The monoisotopic (exact) mass is 174 g/mol. The molecule has 0 bridgehead atoms. The van der Waals surface area contributed by atoms with Gasteiger partial charge in [-0.2, -0.15) is 0 Å². The lowest BCUT2D eigenvalue weighted by Gasteiger charge is -1.99. The van der Waals surface area contributed by atoms with Crippen molar-refractivity contribution in [2.24, 2.45) is 0 Å². The van der Waals surface area contributed by atoms with Crippen molar-refractivity contribution in [1.82, 2.24) is 0 Å². The summed E-state index contributed by atoms with van der Waals surface area (Å²) in [4.78, 5) is 0. The molecule has 70 valence electrons. The van der Waals surface area contributed by atoms with Crippen LogP contribution in [0.3, 0.4) is 0 Å². The summed E-state index contributed by atoms with van der Waals surface area (Å²) in [5, 5.41) is 0. The van der Waals surface area contributed by atoms with Crippen LogP contribution in [0.1, 0.15) is 37.8 Å². The molecule has 0 aliphatic carbocycles. The summed E-state index contributed by atoms with van der Waals surface area (Å²) in [6, 6.07) is 8.67. The molecule has 0 amide bonds. The average molecular weight is 174 g/mol. The Morgan fingerprint density at radius 2 is 1.85 bits per heavy atom. The van der Waals surface area contributed by atoms with Gasteiger partial charge in [-0.15, -0.1) is 0 Å². The molecule has 1 rings (SSSR count). The van der Waals surface area contributed by atoms with Gasteiger partial charge in [-0.3, -0.25) is 0 Å². The topological polar surface area (TPSA) is 0 Å². The van der Waals surface area contributed by atoms with Gasteiger partial charge in [0.1, 0.15) is 0 Å². The minimum Gasteiger partial charge on any atom is -0.0727 e. The van der Waals surface area contributed by atoms with Crippen LogP contribution in [0, 0.1) is 6.92 Å². The summed E-state index contributed by atoms with van der Waals surface area (Å²) >= 11 is 0. The summed E-state index contributed by atoms with van der Waals surface area (Å²) < 4.78 is 0. The Balaban J connectivity index is 2.73. The molecule has 0 N–H and O–H groups in total. The fraction of sp³-hybridized carbons (Fsp3) is 0.385. The van der Waals surface area contributed by atoms with E-state index in [4.69, 9.17) is 0 Å². The van der Waals surface area contributed by atoms with E-state index < -0.39 is 0 Å². The summed E-state index contributed by atoms with van der Waals surface area (Å²) in [5.74, 6) is 0. The molecule has 0 unspecified atom stereocenters. The first-order valence-corrected chi connectivity index (χ1v) is 4.96. The minimum absolute atomic E-state index is 1.20. The van der Waals surface area contributed by atoms with Crippen molar-refractivity contribution < 1.29 is 0 Å². The van der Waals surface area contributed by atoms with Gasteiger partial charge in [-0.1, -0.05) is 54.8 Å². The average Bonchev–Trinajstić information content (AvgIpc) is 2.09. The fourth-order valence-electron chi connectivity index (χ4n) is 1.41. The van der Waals surface area contributed by atoms with Crippen LogP contribution in [0.4, 0.5) is 0 Å². The Morgan fingerprint density at radius 3 is 2.38 bits per heavy atom. The van der Waals surface area contributed by atoms with E-state index in [2.05, 4.69) is 51.1 Å². The number of aryl methyl sites for hydroxylation is 1. The van der Waals surface area contributed by atoms with Crippen LogP contribution >= 0.6 is 0 Å². The van der Waals surface area contributed by atoms with Crippen molar-refractivity contribution in [3.63, 3.8) is 0 Å². The number of allylic oxidation sites excluding steroid dienone is 1. The van der Waals surface area contributed by atoms with E-state index in [9.17, 15) is 0 Å². The van der Waals surface area contributed by atoms with Gasteiger partial charge in [0.2, 0.25) is 0 Å². The highest BCUT2D eigenvalue weighted by Crippen LogP contribution is 2.11. The second-order valence-corrected chi connectivity index (χ2v) is 3.65. The van der Waals surface area contributed by atoms with Crippen molar-refractivity contribution in [3.8, 4) is 0 Å². The summed E-state index contributed by atoms with van der Waals surface area (Å²) in [5.41, 5.74) is 4.10. The zero-order valence-electron chi connectivity index (χ0n) is 8.80. The quantitative estimate of drug-likeness (QED) is 0.644. The summed E-state index contributed by atoms with van der Waals surface area (Å²) in [7, 11) is 0. The molecule has 0 aromatic heterocycles. The van der Waals surface area contributed by atoms with Gasteiger partial charge < -0.3 is 0 Å². The van der Waals surface area contributed by atoms with Crippen LogP contribution in [0.5, 0.6) is 0 Å². The number of benzene rings is 1. The highest BCUT2D eigenvalue weighted by molar-refractivity contribution is 5.52. The molecule has 1 aromatic rings. The third-order valence-corrected chi connectivity index (χ3v) is 2.13. The van der Waals surface area contributed by atoms with Crippen molar-refractivity contribution >= 4 is 6.08 Å². The first-order valence-electron chi connectivity index (χ1n) is 4.96. The Bertz CT molecular complexity index is 277. The van der Waals surface area contributed by atoms with Crippen LogP contribution < -0.4 is 0 Å². The van der Waals surface area contributed by atoms with Gasteiger partial charge in [-0.25, -0.2) is 0 Å². The molecule has 0 atom stereocenters. The molecule has 0 aliphatic rings. The predicted molar refractivity (Wildman–Crippen MR) is 59.7 cm³/mol. The molecule has 0 saturated carbocycles. The van der Waals surface area contributed by atoms with E-state index in [1.165, 1.54) is 29.5 Å². The SMILES string of the molecule is CCC/C(C)=C/c1ccc(C)cc1. The molecule has 13 heavy (non-hydrogen) atoms. The largest absolute Gasteiger partial charge is 0.0727 e. The second kappa shape index (κ2) is 4.86. The van der Waals surface area contributed by atoms with Gasteiger partial charge in [0.25, 0.3) is 0 Å². The van der Waals surface area contributed by atoms with E-state index in [0.717, 1.165) is 0 Å². The van der Waals surface area contributed by atoms with Crippen molar-refractivity contribution in [3.05, 3.63) is 41.0 Å². The van der Waals surface area contributed by atoms with Crippen molar-refractivity contribution in [1.29, 1.82) is 0 Å². The summed E-state index contributed by atoms with van der Waals surface area (Å²) in [6.45, 7) is 6.53. The van der Waals surface area contributed by atoms with E-state index in [-0.39, 0.29) is 0 Å². The molecule has 0 spiro atoms. The van der Waals surface area contributed by atoms with Crippen LogP contribution in [-0.4, -0.2) is 0 Å². The Kier molecular flexibility index (Phi) is 3.75. The molecule has 1 aromatic carbocycles. The van der Waals surface area contributed by atoms with Gasteiger partial charge in [-0.05, 0) is 25.8 Å². The Labute approximate surface area is 81.3 Å². The van der Waals surface area contributed by atoms with E-state index in [1.807, 2.05) is 0 Å². The smallest absolute Gasteiger partial charge is 0.0257 e. The third kappa shape index (κ3) is 3.45. The number of hydrogen-bond acceptors (Lipinski definition) is 0. The molecular weight excluding hydrogens is 156 g/mol. The molecule has 0 fully saturated rings. The van der Waals surface area contributed by atoms with Crippen LogP contribution in [0.2, 0.25) is 0 Å². The zero-order chi connectivity index (χ0) is 9.68. The van der Waals surface area contributed by atoms with Crippen LogP contribution in [0.15, 0.2) is 29.8 Å². The summed E-state index contributed by atoms with van der Waals surface area (Å²) in [6.07, 6.45) is 4.70. The maximum Gasteiger partial charge on any atom is -0.0257 e. The Morgan fingerprint density at radius 1 is 1.23 bits per heavy atom. The van der Waals surface area contributed by atoms with Crippen molar-refractivity contribution in [2.75, 3.05) is 0 Å². The lowest BCUT2D eigenvalue weighted by molar-refractivity contribution is 0.911. The highest BCUT2D eigenvalue weighted by Gasteiger charge is 1.90. The lowest BCUT2D eigenvalue weighted by Crippen LogP contribution is -1.78. The molecule has 0 saturated heterocycles. The predicted octanol–water partition coefficient (Wildman–Crippen LogP) is 4.20. The Hall–Kier alpha value is -1.04. The number of rotatable bonds is 3. The highest BCUT2D eigenvalue weighted by atomic mass is 14.0. The molecule has 0 heterocycles. The second-order valence-electron chi connectivity index (χ2n) is 3.65. The normalized spacial score (nSPS) is 11.8. The molecular formula is C13H18. The lowest BCUT2D eigenvalue weighted by atomic mass is 10.1. The maximum atomic E-state index is 2.27. The van der Waals surface area contributed by atoms with E-state index >= 15 is 0 Å².